The van der Waals surface area contributed by atoms with E-state index >= 15 is 0 Å². The van der Waals surface area contributed by atoms with Gasteiger partial charge in [-0.05, 0) is 31.0 Å². The monoisotopic (exact) mass is 385 g/mol. The Morgan fingerprint density at radius 2 is 1.86 bits per heavy atom. The van der Waals surface area contributed by atoms with Gasteiger partial charge in [-0.25, -0.2) is 14.4 Å². The van der Waals surface area contributed by atoms with Gasteiger partial charge >= 0.3 is 0 Å². The van der Waals surface area contributed by atoms with Crippen LogP contribution < -0.4 is 10.2 Å². The van der Waals surface area contributed by atoms with Crippen LogP contribution in [0.1, 0.15) is 28.7 Å². The van der Waals surface area contributed by atoms with Gasteiger partial charge in [-0.3, -0.25) is 9.59 Å². The number of halogens is 1. The predicted molar refractivity (Wildman–Crippen MR) is 104 cm³/mol. The number of aryl methyl sites for hydroxylation is 1. The van der Waals surface area contributed by atoms with Gasteiger partial charge in [0.25, 0.3) is 5.91 Å². The predicted octanol–water partition coefficient (Wildman–Crippen LogP) is 1.57. The van der Waals surface area contributed by atoms with Crippen molar-refractivity contribution in [2.75, 3.05) is 37.6 Å². The normalized spacial score (nSPS) is 14.1. The second kappa shape index (κ2) is 8.77. The summed E-state index contributed by atoms with van der Waals surface area (Å²) in [5.74, 6) is -0.0470. The van der Waals surface area contributed by atoms with Gasteiger partial charge < -0.3 is 15.1 Å². The molecule has 0 radical (unpaired) electrons. The van der Waals surface area contributed by atoms with Crippen molar-refractivity contribution >= 4 is 17.8 Å². The maximum absolute atomic E-state index is 13.7. The third-order valence-corrected chi connectivity index (χ3v) is 4.72. The summed E-state index contributed by atoms with van der Waals surface area (Å²) in [6, 6.07) is 8.15. The van der Waals surface area contributed by atoms with Crippen LogP contribution in [-0.2, 0) is 11.2 Å². The van der Waals surface area contributed by atoms with E-state index in [-0.39, 0.29) is 23.3 Å². The largest absolute Gasteiger partial charge is 0.350 e. The van der Waals surface area contributed by atoms with Gasteiger partial charge in [-0.1, -0.05) is 18.2 Å². The first kappa shape index (κ1) is 19.7. The summed E-state index contributed by atoms with van der Waals surface area (Å²) in [6.45, 7) is 6.15. The van der Waals surface area contributed by atoms with E-state index in [9.17, 15) is 14.0 Å². The zero-order valence-corrected chi connectivity index (χ0v) is 16.1. The minimum absolute atomic E-state index is 0.0553. The number of benzene rings is 1. The van der Waals surface area contributed by atoms with E-state index in [1.807, 2.05) is 11.8 Å². The number of nitrogens with zero attached hydrogens (tertiary/aromatic N) is 4. The summed E-state index contributed by atoms with van der Waals surface area (Å²) in [5, 5.41) is 2.79. The number of amides is 2. The van der Waals surface area contributed by atoms with Gasteiger partial charge in [0.2, 0.25) is 11.9 Å². The molecule has 1 aliphatic rings. The summed E-state index contributed by atoms with van der Waals surface area (Å²) >= 11 is 0. The molecule has 0 unspecified atom stereocenters. The SMILES string of the molecule is CC(=O)N1CCN(c2nc(C)cc(C(=O)NCCc3ccccc3F)n2)CC1. The lowest BCUT2D eigenvalue weighted by Crippen LogP contribution is -2.48. The average Bonchev–Trinajstić information content (AvgIpc) is 2.69. The van der Waals surface area contributed by atoms with Crippen LogP contribution in [0.5, 0.6) is 0 Å². The Morgan fingerprint density at radius 3 is 2.54 bits per heavy atom. The molecule has 1 aromatic carbocycles. The summed E-state index contributed by atoms with van der Waals surface area (Å²) in [6.07, 6.45) is 0.405. The van der Waals surface area contributed by atoms with Crippen molar-refractivity contribution in [1.82, 2.24) is 20.2 Å². The van der Waals surface area contributed by atoms with Crippen LogP contribution in [0.15, 0.2) is 30.3 Å². The maximum atomic E-state index is 13.7. The number of hydrogen-bond acceptors (Lipinski definition) is 5. The molecule has 7 nitrogen and oxygen atoms in total. The van der Waals surface area contributed by atoms with E-state index in [0.717, 1.165) is 0 Å². The molecule has 1 N–H and O–H groups in total. The van der Waals surface area contributed by atoms with Crippen molar-refractivity contribution in [3.8, 4) is 0 Å². The fourth-order valence-electron chi connectivity index (χ4n) is 3.13. The Bertz CT molecular complexity index is 865. The molecule has 0 saturated carbocycles. The molecule has 2 amide bonds. The maximum Gasteiger partial charge on any atom is 0.270 e. The van der Waals surface area contributed by atoms with Crippen molar-refractivity contribution in [1.29, 1.82) is 0 Å². The lowest BCUT2D eigenvalue weighted by molar-refractivity contribution is -0.129. The van der Waals surface area contributed by atoms with Crippen molar-refractivity contribution in [3.05, 3.63) is 53.1 Å². The second-order valence-corrected chi connectivity index (χ2v) is 6.78. The summed E-state index contributed by atoms with van der Waals surface area (Å²) < 4.78 is 13.7. The van der Waals surface area contributed by atoms with Gasteiger partial charge in [0, 0.05) is 45.3 Å². The van der Waals surface area contributed by atoms with E-state index < -0.39 is 0 Å². The first-order valence-corrected chi connectivity index (χ1v) is 9.32. The lowest BCUT2D eigenvalue weighted by atomic mass is 10.1. The van der Waals surface area contributed by atoms with Gasteiger partial charge in [-0.2, -0.15) is 0 Å². The topological polar surface area (TPSA) is 78.4 Å². The van der Waals surface area contributed by atoms with Crippen LogP contribution in [0.25, 0.3) is 0 Å². The standard InChI is InChI=1S/C20H24FN5O2/c1-14-13-18(19(28)22-8-7-16-5-3-4-6-17(16)21)24-20(23-14)26-11-9-25(10-12-26)15(2)27/h3-6,13H,7-12H2,1-2H3,(H,22,28). The molecule has 148 valence electrons. The molecule has 2 aromatic rings. The number of anilines is 1. The molecule has 1 saturated heterocycles. The van der Waals surface area contributed by atoms with E-state index in [2.05, 4.69) is 15.3 Å². The quantitative estimate of drug-likeness (QED) is 0.845. The van der Waals surface area contributed by atoms with Crippen LogP contribution in [0, 0.1) is 12.7 Å². The lowest BCUT2D eigenvalue weighted by Gasteiger charge is -2.34. The smallest absolute Gasteiger partial charge is 0.270 e. The molecule has 8 heteroatoms. The Balaban J connectivity index is 1.62. The second-order valence-electron chi connectivity index (χ2n) is 6.78. The number of carbonyl (C=O) groups excluding carboxylic acids is 2. The van der Waals surface area contributed by atoms with Gasteiger partial charge in [0.15, 0.2) is 0 Å². The molecule has 1 aromatic heterocycles. The Morgan fingerprint density at radius 1 is 1.14 bits per heavy atom. The molecule has 2 heterocycles. The minimum Gasteiger partial charge on any atom is -0.350 e. The molecular formula is C20H24FN5O2. The fourth-order valence-corrected chi connectivity index (χ4v) is 3.13. The molecule has 0 atom stereocenters. The molecule has 1 aliphatic heterocycles. The Kier molecular flexibility index (Phi) is 6.18. The average molecular weight is 385 g/mol. The van der Waals surface area contributed by atoms with Crippen molar-refractivity contribution in [2.24, 2.45) is 0 Å². The van der Waals surface area contributed by atoms with Gasteiger partial charge in [0.1, 0.15) is 11.5 Å². The van der Waals surface area contributed by atoms with Crippen molar-refractivity contribution in [3.63, 3.8) is 0 Å². The summed E-state index contributed by atoms with van der Waals surface area (Å²) in [5.41, 5.74) is 1.54. The Labute approximate surface area is 163 Å². The minimum atomic E-state index is -0.314. The molecule has 1 fully saturated rings. The molecule has 0 aliphatic carbocycles. The highest BCUT2D eigenvalue weighted by atomic mass is 19.1. The number of aromatic nitrogens is 2. The molecule has 0 bridgehead atoms. The highest BCUT2D eigenvalue weighted by Gasteiger charge is 2.22. The fraction of sp³-hybridized carbons (Fsp3) is 0.400. The zero-order valence-electron chi connectivity index (χ0n) is 16.1. The van der Waals surface area contributed by atoms with Crippen LogP contribution in [0.2, 0.25) is 0 Å². The first-order chi connectivity index (χ1) is 13.4. The number of nitrogens with one attached hydrogen (secondary N) is 1. The molecule has 28 heavy (non-hydrogen) atoms. The van der Waals surface area contributed by atoms with Crippen molar-refractivity contribution in [2.45, 2.75) is 20.3 Å². The van der Waals surface area contributed by atoms with Crippen molar-refractivity contribution < 1.29 is 14.0 Å². The molecule has 0 spiro atoms. The van der Waals surface area contributed by atoms with Crippen LogP contribution in [0.4, 0.5) is 10.3 Å². The number of piperazine rings is 1. The number of carbonyl (C=O) groups is 2. The van der Waals surface area contributed by atoms with E-state index in [1.54, 1.807) is 36.1 Å². The number of rotatable bonds is 5. The number of hydrogen-bond donors (Lipinski definition) is 1. The third kappa shape index (κ3) is 4.82. The van der Waals surface area contributed by atoms with Gasteiger partial charge in [-0.15, -0.1) is 0 Å². The highest BCUT2D eigenvalue weighted by Crippen LogP contribution is 2.14. The zero-order chi connectivity index (χ0) is 20.1. The third-order valence-electron chi connectivity index (χ3n) is 4.72. The highest BCUT2D eigenvalue weighted by molar-refractivity contribution is 5.92. The van der Waals surface area contributed by atoms with Crippen LogP contribution in [0.3, 0.4) is 0 Å². The Hall–Kier alpha value is -3.03. The van der Waals surface area contributed by atoms with E-state index in [0.29, 0.717) is 56.4 Å². The first-order valence-electron chi connectivity index (χ1n) is 9.32. The van der Waals surface area contributed by atoms with Crippen LogP contribution >= 0.6 is 0 Å². The molecule has 3 rings (SSSR count). The van der Waals surface area contributed by atoms with E-state index in [1.165, 1.54) is 6.07 Å². The summed E-state index contributed by atoms with van der Waals surface area (Å²) in [7, 11) is 0. The molecular weight excluding hydrogens is 361 g/mol. The van der Waals surface area contributed by atoms with Crippen LogP contribution in [-0.4, -0.2) is 59.4 Å². The summed E-state index contributed by atoms with van der Waals surface area (Å²) in [4.78, 5) is 36.5. The van der Waals surface area contributed by atoms with Gasteiger partial charge in [0.05, 0.1) is 0 Å². The van der Waals surface area contributed by atoms with E-state index in [4.69, 9.17) is 0 Å².